The van der Waals surface area contributed by atoms with Crippen LogP contribution >= 0.6 is 12.4 Å². The number of carbonyl (C=O) groups is 1. The van der Waals surface area contributed by atoms with Crippen molar-refractivity contribution in [1.29, 1.82) is 0 Å². The third-order valence-electron chi connectivity index (χ3n) is 3.22. The molecule has 2 aromatic rings. The van der Waals surface area contributed by atoms with Gasteiger partial charge in [-0.05, 0) is 41.8 Å². The third-order valence-corrected chi connectivity index (χ3v) is 3.22. The number of amides is 1. The maximum Gasteiger partial charge on any atom is 0.257 e. The van der Waals surface area contributed by atoms with E-state index in [4.69, 9.17) is 10.5 Å². The van der Waals surface area contributed by atoms with Crippen molar-refractivity contribution in [2.45, 2.75) is 6.42 Å². The van der Waals surface area contributed by atoms with Crippen LogP contribution < -0.4 is 15.8 Å². The molecule has 2 rings (SSSR count). The average Bonchev–Trinajstić information content (AvgIpc) is 2.54. The minimum Gasteiger partial charge on any atom is -0.484 e. The maximum atomic E-state index is 11.1. The molecule has 0 atom stereocenters. The van der Waals surface area contributed by atoms with Crippen molar-refractivity contribution in [2.24, 2.45) is 5.73 Å². The molecule has 4 nitrogen and oxygen atoms in total. The Hall–Kier alpha value is -2.04. The number of benzene rings is 2. The molecule has 118 valence electrons. The van der Waals surface area contributed by atoms with Crippen molar-refractivity contribution in [3.8, 4) is 16.9 Å². The van der Waals surface area contributed by atoms with Crippen molar-refractivity contribution < 1.29 is 9.53 Å². The molecule has 2 aromatic carbocycles. The van der Waals surface area contributed by atoms with Gasteiger partial charge in [0, 0.05) is 7.05 Å². The predicted molar refractivity (Wildman–Crippen MR) is 91.4 cm³/mol. The number of nitrogens with two attached hydrogens (primary N) is 1. The Balaban J connectivity index is 0.00000242. The van der Waals surface area contributed by atoms with Crippen LogP contribution in [-0.4, -0.2) is 26.1 Å². The lowest BCUT2D eigenvalue weighted by Gasteiger charge is -2.07. The van der Waals surface area contributed by atoms with E-state index in [1.54, 1.807) is 7.05 Å². The molecule has 0 aliphatic rings. The largest absolute Gasteiger partial charge is 0.484 e. The molecular weight excluding hydrogens is 300 g/mol. The smallest absolute Gasteiger partial charge is 0.257 e. The Labute approximate surface area is 137 Å². The van der Waals surface area contributed by atoms with E-state index in [1.807, 2.05) is 24.3 Å². The van der Waals surface area contributed by atoms with Gasteiger partial charge in [0.25, 0.3) is 5.91 Å². The lowest BCUT2D eigenvalue weighted by atomic mass is 10.0. The SMILES string of the molecule is CNC(=O)COc1ccc(-c2ccc(CCN)cc2)cc1.Cl. The molecule has 0 radical (unpaired) electrons. The zero-order valence-corrected chi connectivity index (χ0v) is 13.4. The molecule has 0 spiro atoms. The van der Waals surface area contributed by atoms with E-state index in [9.17, 15) is 4.79 Å². The van der Waals surface area contributed by atoms with Crippen LogP contribution in [-0.2, 0) is 11.2 Å². The van der Waals surface area contributed by atoms with E-state index in [0.717, 1.165) is 17.5 Å². The molecule has 3 N–H and O–H groups in total. The van der Waals surface area contributed by atoms with E-state index in [1.165, 1.54) is 5.56 Å². The highest BCUT2D eigenvalue weighted by molar-refractivity contribution is 5.85. The third kappa shape index (κ3) is 5.06. The van der Waals surface area contributed by atoms with Gasteiger partial charge in [0.2, 0.25) is 0 Å². The molecule has 0 heterocycles. The first-order valence-electron chi connectivity index (χ1n) is 6.96. The molecule has 0 bridgehead atoms. The van der Waals surface area contributed by atoms with Crippen molar-refractivity contribution >= 4 is 18.3 Å². The summed E-state index contributed by atoms with van der Waals surface area (Å²) in [6.07, 6.45) is 0.895. The first kappa shape index (κ1) is 18.0. The normalized spacial score (nSPS) is 9.73. The van der Waals surface area contributed by atoms with Crippen LogP contribution in [0.4, 0.5) is 0 Å². The lowest BCUT2D eigenvalue weighted by Crippen LogP contribution is -2.24. The quantitative estimate of drug-likeness (QED) is 0.859. The Morgan fingerprint density at radius 3 is 2.09 bits per heavy atom. The summed E-state index contributed by atoms with van der Waals surface area (Å²) in [4.78, 5) is 11.1. The fraction of sp³-hybridized carbons (Fsp3) is 0.235. The van der Waals surface area contributed by atoms with Gasteiger partial charge in [0.15, 0.2) is 6.61 Å². The molecule has 22 heavy (non-hydrogen) atoms. The highest BCUT2D eigenvalue weighted by atomic mass is 35.5. The Kier molecular flexibility index (Phi) is 7.43. The minimum atomic E-state index is -0.144. The van der Waals surface area contributed by atoms with Gasteiger partial charge in [-0.15, -0.1) is 12.4 Å². The van der Waals surface area contributed by atoms with E-state index < -0.39 is 0 Å². The summed E-state index contributed by atoms with van der Waals surface area (Å²) in [5.41, 5.74) is 9.05. The number of rotatable bonds is 6. The zero-order valence-electron chi connectivity index (χ0n) is 12.5. The molecule has 0 saturated heterocycles. The lowest BCUT2D eigenvalue weighted by molar-refractivity contribution is -0.122. The summed E-state index contributed by atoms with van der Waals surface area (Å²) in [7, 11) is 1.59. The number of ether oxygens (including phenoxy) is 1. The van der Waals surface area contributed by atoms with Crippen LogP contribution in [0.1, 0.15) is 5.56 Å². The van der Waals surface area contributed by atoms with Gasteiger partial charge in [-0.2, -0.15) is 0 Å². The number of nitrogens with one attached hydrogen (secondary N) is 1. The second-order valence-electron chi connectivity index (χ2n) is 4.72. The Morgan fingerprint density at radius 2 is 1.59 bits per heavy atom. The average molecular weight is 321 g/mol. The van der Waals surface area contributed by atoms with Gasteiger partial charge >= 0.3 is 0 Å². The molecular formula is C17H21ClN2O2. The summed E-state index contributed by atoms with van der Waals surface area (Å²) in [5.74, 6) is 0.539. The Morgan fingerprint density at radius 1 is 1.05 bits per heavy atom. The number of likely N-dealkylation sites (N-methyl/N-ethyl adjacent to an activating group) is 1. The highest BCUT2D eigenvalue weighted by Gasteiger charge is 2.02. The number of hydrogen-bond donors (Lipinski definition) is 2. The number of hydrogen-bond acceptors (Lipinski definition) is 3. The van der Waals surface area contributed by atoms with E-state index >= 15 is 0 Å². The first-order valence-corrected chi connectivity index (χ1v) is 6.96. The fourth-order valence-electron chi connectivity index (χ4n) is 2.00. The van der Waals surface area contributed by atoms with Gasteiger partial charge < -0.3 is 15.8 Å². The van der Waals surface area contributed by atoms with Gasteiger partial charge in [0.1, 0.15) is 5.75 Å². The van der Waals surface area contributed by atoms with Crippen molar-refractivity contribution in [3.05, 3.63) is 54.1 Å². The van der Waals surface area contributed by atoms with E-state index in [0.29, 0.717) is 12.3 Å². The molecule has 5 heteroatoms. The molecule has 1 amide bonds. The Bertz CT molecular complexity index is 583. The molecule has 0 unspecified atom stereocenters. The predicted octanol–water partition coefficient (Wildman–Crippen LogP) is 2.40. The maximum absolute atomic E-state index is 11.1. The zero-order chi connectivity index (χ0) is 15.1. The summed E-state index contributed by atoms with van der Waals surface area (Å²) < 4.78 is 5.37. The topological polar surface area (TPSA) is 64.3 Å². The van der Waals surface area contributed by atoms with E-state index in [-0.39, 0.29) is 24.9 Å². The van der Waals surface area contributed by atoms with Crippen molar-refractivity contribution in [2.75, 3.05) is 20.2 Å². The van der Waals surface area contributed by atoms with Crippen LogP contribution in [0.3, 0.4) is 0 Å². The first-order chi connectivity index (χ1) is 10.2. The van der Waals surface area contributed by atoms with Crippen LogP contribution in [0.2, 0.25) is 0 Å². The fourth-order valence-corrected chi connectivity index (χ4v) is 2.00. The summed E-state index contributed by atoms with van der Waals surface area (Å²) in [6, 6.07) is 16.1. The van der Waals surface area contributed by atoms with Crippen LogP contribution in [0.25, 0.3) is 11.1 Å². The van der Waals surface area contributed by atoms with Gasteiger partial charge in [0.05, 0.1) is 0 Å². The van der Waals surface area contributed by atoms with Gasteiger partial charge in [-0.25, -0.2) is 0 Å². The van der Waals surface area contributed by atoms with Crippen LogP contribution in [0.5, 0.6) is 5.75 Å². The number of halogens is 1. The summed E-state index contributed by atoms with van der Waals surface area (Å²) in [6.45, 7) is 0.695. The van der Waals surface area contributed by atoms with Gasteiger partial charge in [-0.3, -0.25) is 4.79 Å². The monoisotopic (exact) mass is 320 g/mol. The molecule has 0 fully saturated rings. The van der Waals surface area contributed by atoms with Crippen molar-refractivity contribution in [1.82, 2.24) is 5.32 Å². The van der Waals surface area contributed by atoms with Crippen LogP contribution in [0, 0.1) is 0 Å². The van der Waals surface area contributed by atoms with Crippen molar-refractivity contribution in [3.63, 3.8) is 0 Å². The minimum absolute atomic E-state index is 0. The summed E-state index contributed by atoms with van der Waals surface area (Å²) in [5, 5.41) is 2.52. The molecule has 0 saturated carbocycles. The standard InChI is InChI=1S/C17H20N2O2.ClH/c1-19-17(20)12-21-16-8-6-15(7-9-16)14-4-2-13(3-5-14)10-11-18;/h2-9H,10-12,18H2,1H3,(H,19,20);1H. The highest BCUT2D eigenvalue weighted by Crippen LogP contribution is 2.22. The second-order valence-corrected chi connectivity index (χ2v) is 4.72. The summed E-state index contributed by atoms with van der Waals surface area (Å²) >= 11 is 0. The molecule has 0 aliphatic carbocycles. The number of carbonyl (C=O) groups excluding carboxylic acids is 1. The second kappa shape index (κ2) is 9.07. The van der Waals surface area contributed by atoms with Crippen LogP contribution in [0.15, 0.2) is 48.5 Å². The van der Waals surface area contributed by atoms with E-state index in [2.05, 4.69) is 29.6 Å². The van der Waals surface area contributed by atoms with Gasteiger partial charge in [-0.1, -0.05) is 36.4 Å². The molecule has 0 aliphatic heterocycles. The molecule has 0 aromatic heterocycles.